The first-order valence-electron chi connectivity index (χ1n) is 22.9. The third-order valence-electron chi connectivity index (χ3n) is 12.3. The number of carbonyl (C=O) groups is 4. The lowest BCUT2D eigenvalue weighted by Gasteiger charge is -2.35. The molecule has 14 nitrogen and oxygen atoms in total. The maximum Gasteiger partial charge on any atom is 0.417 e. The Balaban J connectivity index is 0.863. The number of aromatic nitrogens is 1. The highest BCUT2D eigenvalue weighted by Gasteiger charge is 2.51. The number of nitriles is 1. The Hall–Kier alpha value is -6.88. The van der Waals surface area contributed by atoms with Gasteiger partial charge in [0.25, 0.3) is 5.91 Å². The molecule has 7 rings (SSSR count). The molecule has 0 saturated carbocycles. The fraction of sp³-hybridized carbons (Fsp3) is 0.365. The number of carbonyl (C=O) groups excluding carboxylic acids is 4. The first kappa shape index (κ1) is 52.0. The molecule has 372 valence electrons. The zero-order valence-electron chi connectivity index (χ0n) is 40.0. The van der Waals surface area contributed by atoms with Crippen molar-refractivity contribution in [2.24, 2.45) is 5.41 Å². The summed E-state index contributed by atoms with van der Waals surface area (Å²) >= 11 is 7.19. The van der Waals surface area contributed by atoms with E-state index in [-0.39, 0.29) is 61.8 Å². The van der Waals surface area contributed by atoms with Gasteiger partial charge in [0, 0.05) is 31.6 Å². The maximum absolute atomic E-state index is 14.1. The minimum Gasteiger partial charge on any atom is -0.490 e. The Bertz CT molecular complexity index is 2820. The number of thiazole rings is 1. The summed E-state index contributed by atoms with van der Waals surface area (Å²) in [6, 6.07) is 24.5. The summed E-state index contributed by atoms with van der Waals surface area (Å²) in [6.07, 6.45) is -5.14. The second-order valence-electron chi connectivity index (χ2n) is 18.9. The minimum atomic E-state index is -4.81. The summed E-state index contributed by atoms with van der Waals surface area (Å²) in [5.41, 5.74) is 2.26. The van der Waals surface area contributed by atoms with Crippen LogP contribution in [0.25, 0.3) is 10.4 Å². The van der Waals surface area contributed by atoms with Crippen molar-refractivity contribution in [2.45, 2.75) is 97.3 Å². The van der Waals surface area contributed by atoms with Crippen molar-refractivity contribution in [1.82, 2.24) is 20.5 Å². The molecule has 0 unspecified atom stereocenters. The van der Waals surface area contributed by atoms with Crippen LogP contribution in [0.3, 0.4) is 0 Å². The van der Waals surface area contributed by atoms with Crippen molar-refractivity contribution in [3.8, 4) is 28.0 Å². The molecule has 0 bridgehead atoms. The van der Waals surface area contributed by atoms with Crippen LogP contribution in [0.5, 0.6) is 11.5 Å². The van der Waals surface area contributed by atoms with Gasteiger partial charge in [-0.05, 0) is 116 Å². The standard InChI is InChI=1S/C52H54F3N7O7S2/c1-31-44(71-30-58-31)34-12-7-33(8-13-34)28-57-46(65)42-26-38(63)29-60(42)47(66)45(50(2,3)4)59-43(64)22-11-32-9-18-39(19-10-32)68-23-24-69-40-20-16-36(17-21-40)62-49(70)61(48(67)51(62,5)6)37-15-14-35(27-56)41(25-37)52(53,54)55/h7-10,12-21,25,30,38,42,45,63H,11,22-24,26,28-29H2,1-6H3,(H,57,65)(H,59,64)/t38-,42+,45-/m1/s1. The molecule has 3 heterocycles. The number of aliphatic hydroxyl groups excluding tert-OH is 1. The van der Waals surface area contributed by atoms with Gasteiger partial charge in [-0.2, -0.15) is 18.4 Å². The number of amides is 4. The van der Waals surface area contributed by atoms with Gasteiger partial charge in [0.2, 0.25) is 17.7 Å². The molecule has 0 aliphatic carbocycles. The highest BCUT2D eigenvalue weighted by molar-refractivity contribution is 7.81. The molecule has 3 N–H and O–H groups in total. The van der Waals surface area contributed by atoms with E-state index in [9.17, 15) is 42.7 Å². The zero-order chi connectivity index (χ0) is 51.4. The summed E-state index contributed by atoms with van der Waals surface area (Å²) in [6.45, 7) is 11.3. The highest BCUT2D eigenvalue weighted by atomic mass is 32.1. The average molecular weight is 1010 g/mol. The molecule has 2 saturated heterocycles. The molecule has 71 heavy (non-hydrogen) atoms. The molecule has 5 aromatic rings. The van der Waals surface area contributed by atoms with Crippen LogP contribution in [-0.2, 0) is 38.3 Å². The largest absolute Gasteiger partial charge is 0.490 e. The third-order valence-corrected chi connectivity index (χ3v) is 13.7. The van der Waals surface area contributed by atoms with E-state index in [1.807, 2.05) is 64.1 Å². The number of hydrogen-bond acceptors (Lipinski definition) is 11. The van der Waals surface area contributed by atoms with Crippen LogP contribution in [0, 0.1) is 23.7 Å². The second-order valence-corrected chi connectivity index (χ2v) is 20.2. The smallest absolute Gasteiger partial charge is 0.417 e. The van der Waals surface area contributed by atoms with Crippen LogP contribution < -0.4 is 29.9 Å². The predicted molar refractivity (Wildman–Crippen MR) is 267 cm³/mol. The summed E-state index contributed by atoms with van der Waals surface area (Å²) in [4.78, 5) is 63.8. The number of halogens is 3. The number of β-amino-alcohol motifs (C(OH)–C–C–N with tert-alkyl or cyclic N) is 1. The van der Waals surface area contributed by atoms with Gasteiger partial charge in [0.1, 0.15) is 42.3 Å². The third kappa shape index (κ3) is 11.8. The monoisotopic (exact) mass is 1010 g/mol. The lowest BCUT2D eigenvalue weighted by atomic mass is 9.85. The van der Waals surface area contributed by atoms with E-state index in [4.69, 9.17) is 21.7 Å². The number of hydrogen-bond donors (Lipinski definition) is 3. The van der Waals surface area contributed by atoms with Crippen LogP contribution in [0.1, 0.15) is 75.4 Å². The topological polar surface area (TPSA) is 177 Å². The van der Waals surface area contributed by atoms with E-state index < -0.39 is 58.3 Å². The predicted octanol–water partition coefficient (Wildman–Crippen LogP) is 8.13. The number of aliphatic hydroxyl groups is 1. The fourth-order valence-electron chi connectivity index (χ4n) is 8.49. The van der Waals surface area contributed by atoms with Crippen LogP contribution in [0.15, 0.2) is 96.5 Å². The summed E-state index contributed by atoms with van der Waals surface area (Å²) < 4.78 is 53.0. The van der Waals surface area contributed by atoms with Gasteiger partial charge in [0.05, 0.1) is 45.1 Å². The first-order chi connectivity index (χ1) is 33.6. The van der Waals surface area contributed by atoms with E-state index in [2.05, 4.69) is 15.6 Å². The van der Waals surface area contributed by atoms with Crippen molar-refractivity contribution in [2.75, 3.05) is 29.6 Å². The van der Waals surface area contributed by atoms with Crippen LogP contribution in [0.4, 0.5) is 24.5 Å². The molecule has 1 aromatic heterocycles. The minimum absolute atomic E-state index is 0.0233. The molecule has 19 heteroatoms. The van der Waals surface area contributed by atoms with Crippen molar-refractivity contribution in [3.05, 3.63) is 124 Å². The van der Waals surface area contributed by atoms with E-state index in [1.54, 1.807) is 78.1 Å². The van der Waals surface area contributed by atoms with Crippen LogP contribution in [-0.4, -0.2) is 87.2 Å². The number of rotatable bonds is 16. The van der Waals surface area contributed by atoms with Gasteiger partial charge < -0.3 is 35.0 Å². The first-order valence-corrected chi connectivity index (χ1v) is 24.1. The summed E-state index contributed by atoms with van der Waals surface area (Å²) in [7, 11) is 0. The number of anilines is 2. The van der Waals surface area contributed by atoms with E-state index >= 15 is 0 Å². The molecular formula is C52H54F3N7O7S2. The van der Waals surface area contributed by atoms with Crippen molar-refractivity contribution >= 4 is 63.7 Å². The second kappa shape index (κ2) is 21.2. The van der Waals surface area contributed by atoms with Crippen molar-refractivity contribution < 1.29 is 46.9 Å². The molecule has 0 spiro atoms. The summed E-state index contributed by atoms with van der Waals surface area (Å²) in [5, 5.41) is 25.6. The average Bonchev–Trinajstić information content (AvgIpc) is 4.00. The lowest BCUT2D eigenvalue weighted by molar-refractivity contribution is -0.144. The Morgan fingerprint density at radius 3 is 2.13 bits per heavy atom. The molecule has 4 amide bonds. The number of benzene rings is 4. The van der Waals surface area contributed by atoms with Crippen LogP contribution in [0.2, 0.25) is 0 Å². The van der Waals surface area contributed by atoms with E-state index in [1.165, 1.54) is 11.0 Å². The Labute approximate surface area is 419 Å². The number of aryl methyl sites for hydroxylation is 2. The Morgan fingerprint density at radius 2 is 1.55 bits per heavy atom. The van der Waals surface area contributed by atoms with Crippen LogP contribution >= 0.6 is 23.6 Å². The highest BCUT2D eigenvalue weighted by Crippen LogP contribution is 2.40. The zero-order valence-corrected chi connectivity index (χ0v) is 41.6. The number of thiocarbonyl (C=S) groups is 1. The van der Waals surface area contributed by atoms with Gasteiger partial charge in [-0.25, -0.2) is 4.98 Å². The Morgan fingerprint density at radius 1 is 0.944 bits per heavy atom. The van der Waals surface area contributed by atoms with E-state index in [0.29, 0.717) is 23.6 Å². The molecule has 2 fully saturated rings. The van der Waals surface area contributed by atoms with Gasteiger partial charge in [-0.3, -0.25) is 24.1 Å². The van der Waals surface area contributed by atoms with Crippen molar-refractivity contribution in [3.63, 3.8) is 0 Å². The maximum atomic E-state index is 14.1. The van der Waals surface area contributed by atoms with Gasteiger partial charge in [-0.1, -0.05) is 57.2 Å². The quantitative estimate of drug-likeness (QED) is 0.0643. The lowest BCUT2D eigenvalue weighted by Crippen LogP contribution is -2.57. The van der Waals surface area contributed by atoms with E-state index in [0.717, 1.165) is 44.3 Å². The SMILES string of the molecule is Cc1ncsc1-c1ccc(CNC(=O)[C@@H]2C[C@@H](O)CN2C(=O)[C@@H](NC(=O)CCc2ccc(OCCOc3ccc(N4C(=S)N(c5ccc(C#N)c(C(F)(F)F)c5)C(=O)C4(C)C)cc3)cc2)C(C)(C)C)cc1. The van der Waals surface area contributed by atoms with Gasteiger partial charge >= 0.3 is 6.18 Å². The molecule has 2 aliphatic heterocycles. The molecule has 3 atom stereocenters. The number of likely N-dealkylation sites (tertiary alicyclic amines) is 1. The number of ether oxygens (including phenoxy) is 2. The van der Waals surface area contributed by atoms with Gasteiger partial charge in [0.15, 0.2) is 5.11 Å². The molecular weight excluding hydrogens is 956 g/mol. The normalized spacial score (nSPS) is 17.2. The number of alkyl halides is 3. The fourth-order valence-corrected chi connectivity index (χ4v) is 9.83. The van der Waals surface area contributed by atoms with Crippen molar-refractivity contribution in [1.29, 1.82) is 5.26 Å². The molecule has 0 radical (unpaired) electrons. The number of nitrogens with zero attached hydrogens (tertiary/aromatic N) is 5. The summed E-state index contributed by atoms with van der Waals surface area (Å²) in [5.74, 6) is -0.626. The Kier molecular flexibility index (Phi) is 15.5. The molecule has 2 aliphatic rings. The van der Waals surface area contributed by atoms with Gasteiger partial charge in [-0.15, -0.1) is 11.3 Å². The molecule has 4 aromatic carbocycles. The number of nitrogens with one attached hydrogen (secondary N) is 2.